The second-order valence-electron chi connectivity index (χ2n) is 9.57. The Labute approximate surface area is 228 Å². The molecule has 40 heavy (non-hydrogen) atoms. The van der Waals surface area contributed by atoms with Gasteiger partial charge in [0.15, 0.2) is 12.0 Å². The molecule has 4 unspecified atom stereocenters. The predicted octanol–water partition coefficient (Wildman–Crippen LogP) is 1.82. The Bertz CT molecular complexity index is 1120. The molecule has 0 bridgehead atoms. The van der Waals surface area contributed by atoms with Gasteiger partial charge in [0.05, 0.1) is 18.8 Å². The number of carbonyl (C=O) groups excluding carboxylic acids is 2. The Morgan fingerprint density at radius 3 is 2.17 bits per heavy atom. The van der Waals surface area contributed by atoms with Crippen molar-refractivity contribution >= 4 is 26.0 Å². The van der Waals surface area contributed by atoms with Gasteiger partial charge in [0, 0.05) is 6.07 Å². The number of nitrogens with one attached hydrogen (secondary N) is 1. The van der Waals surface area contributed by atoms with Gasteiger partial charge in [-0.3, -0.25) is 4.52 Å². The van der Waals surface area contributed by atoms with E-state index < -0.39 is 88.2 Å². The van der Waals surface area contributed by atoms with Crippen LogP contribution in [-0.4, -0.2) is 72.7 Å². The van der Waals surface area contributed by atoms with Gasteiger partial charge in [0.25, 0.3) is 0 Å². The predicted molar refractivity (Wildman–Crippen MR) is 129 cm³/mol. The lowest BCUT2D eigenvalue weighted by atomic mass is 9.91. The number of phosphoric acid groups is 1. The average molecular weight is 598 g/mol. The summed E-state index contributed by atoms with van der Waals surface area (Å²) >= 11 is 0. The van der Waals surface area contributed by atoms with Crippen LogP contribution >= 0.6 is 7.82 Å². The number of nitrogens with two attached hydrogens (primary N) is 1. The van der Waals surface area contributed by atoms with E-state index in [-0.39, 0.29) is 5.82 Å². The quantitative estimate of drug-likeness (QED) is 0.128. The van der Waals surface area contributed by atoms with E-state index in [0.29, 0.717) is 12.8 Å². The highest BCUT2D eigenvalue weighted by atomic mass is 31.2. The number of H-pyrrole nitrogens is 1. The van der Waals surface area contributed by atoms with E-state index in [2.05, 4.69) is 14.5 Å². The monoisotopic (exact) mass is 598 g/mol. The summed E-state index contributed by atoms with van der Waals surface area (Å²) in [6.07, 6.45) is -6.61. The minimum atomic E-state index is -4.73. The smallest absolute Gasteiger partial charge is 0.432 e. The van der Waals surface area contributed by atoms with Crippen molar-refractivity contribution in [3.05, 3.63) is 22.7 Å². The van der Waals surface area contributed by atoms with E-state index in [1.165, 1.54) is 12.3 Å². The fourth-order valence-corrected chi connectivity index (χ4v) is 4.77. The van der Waals surface area contributed by atoms with Crippen molar-refractivity contribution in [2.24, 2.45) is 5.92 Å². The van der Waals surface area contributed by atoms with Crippen molar-refractivity contribution in [2.45, 2.75) is 76.8 Å². The van der Waals surface area contributed by atoms with Crippen molar-refractivity contribution in [1.82, 2.24) is 4.98 Å². The first kappa shape index (κ1) is 31.7. The van der Waals surface area contributed by atoms with E-state index in [0.717, 1.165) is 4.57 Å². The zero-order valence-electron chi connectivity index (χ0n) is 22.4. The number of aromatic nitrogens is 2. The molecule has 1 aliphatic carbocycles. The van der Waals surface area contributed by atoms with Gasteiger partial charge in [-0.2, -0.15) is 14.3 Å². The number of anilines is 1. The van der Waals surface area contributed by atoms with Crippen molar-refractivity contribution in [3.8, 4) is 0 Å². The third-order valence-electron chi connectivity index (χ3n) is 5.75. The molecule has 1 saturated heterocycles. The van der Waals surface area contributed by atoms with Gasteiger partial charge < -0.3 is 34.5 Å². The van der Waals surface area contributed by atoms with E-state index in [4.69, 9.17) is 33.5 Å². The highest BCUT2D eigenvalue weighted by Crippen LogP contribution is 2.56. The normalized spacial score (nSPS) is 24.8. The Balaban J connectivity index is 1.75. The molecule has 3 rings (SSSR count). The van der Waals surface area contributed by atoms with Crippen LogP contribution in [0.2, 0.25) is 0 Å². The van der Waals surface area contributed by atoms with Crippen LogP contribution in [0.3, 0.4) is 0 Å². The number of halogens is 1. The maximum Gasteiger partial charge on any atom is 0.510 e. The number of aromatic amines is 1. The summed E-state index contributed by atoms with van der Waals surface area (Å²) in [5.41, 5.74) is 2.98. The van der Waals surface area contributed by atoms with Crippen LogP contribution in [0.4, 0.5) is 19.8 Å². The van der Waals surface area contributed by atoms with Crippen LogP contribution < -0.4 is 16.0 Å². The molecule has 1 aromatic heterocycles. The van der Waals surface area contributed by atoms with Gasteiger partial charge in [0.1, 0.15) is 17.9 Å². The van der Waals surface area contributed by atoms with E-state index in [1.54, 1.807) is 27.7 Å². The van der Waals surface area contributed by atoms with Gasteiger partial charge in [-0.25, -0.2) is 27.6 Å². The summed E-state index contributed by atoms with van der Waals surface area (Å²) in [4.78, 5) is 37.9. The largest absolute Gasteiger partial charge is 0.510 e. The molecule has 18 heteroatoms. The third kappa shape index (κ3) is 8.11. The summed E-state index contributed by atoms with van der Waals surface area (Å²) in [5.74, 6) is -0.413. The van der Waals surface area contributed by atoms with Crippen LogP contribution in [0.25, 0.3) is 0 Å². The average Bonchev–Trinajstić information content (AvgIpc) is 3.66. The number of alkyl halides is 1. The minimum Gasteiger partial charge on any atom is -0.432 e. The van der Waals surface area contributed by atoms with Gasteiger partial charge in [-0.15, -0.1) is 0 Å². The van der Waals surface area contributed by atoms with Gasteiger partial charge in [-0.1, -0.05) is 0 Å². The second kappa shape index (κ2) is 13.2. The van der Waals surface area contributed by atoms with Crippen molar-refractivity contribution in [3.63, 3.8) is 0 Å². The van der Waals surface area contributed by atoms with Gasteiger partial charge >= 0.3 is 25.8 Å². The maximum atomic E-state index is 15.3. The minimum absolute atomic E-state index is 0.0289. The summed E-state index contributed by atoms with van der Waals surface area (Å²) in [5, 5.41) is 10.9. The number of ether oxygens (including phenoxy) is 5. The number of carbonyl (C=O) groups is 2. The molecule has 1 saturated carbocycles. The summed E-state index contributed by atoms with van der Waals surface area (Å²) in [7, 11) is -4.73. The third-order valence-corrected chi connectivity index (χ3v) is 7.03. The molecule has 2 aliphatic rings. The fourth-order valence-electron chi connectivity index (χ4n) is 3.82. The molecular formula is C22H34FN3O13P+. The molecular weight excluding hydrogens is 564 g/mol. The molecule has 1 aliphatic heterocycles. The van der Waals surface area contributed by atoms with Crippen molar-refractivity contribution in [1.29, 1.82) is 0 Å². The van der Waals surface area contributed by atoms with Crippen molar-refractivity contribution < 1.29 is 65.5 Å². The van der Waals surface area contributed by atoms with Crippen LogP contribution in [0.5, 0.6) is 0 Å². The Kier molecular flexibility index (Phi) is 10.5. The molecule has 226 valence electrons. The molecule has 2 fully saturated rings. The molecule has 0 radical (unpaired) electrons. The SMILES string of the molecule is CC(C)OC(=O)OCOP(=O)(OCOC(=O)OC(C)C)OCC1(C2CC2)OC([n+]2ccc(N)[nH]c2=O)C(F)C1O. The number of rotatable bonds is 13. The molecule has 4 N–H and O–H groups in total. The topological polar surface area (TPSA) is 208 Å². The number of hydrogen-bond acceptors (Lipinski definition) is 14. The molecule has 0 spiro atoms. The zero-order chi connectivity index (χ0) is 29.7. The molecule has 2 heterocycles. The standard InChI is InChI=1S/C22H33FN3O13P/c1-12(2)37-20(29)32-10-35-40(31,36-11-33-21(30)38-13(3)4)34-9-22(14-5-6-14)17(27)16(23)18(39-22)26-8-7-15(24)25-19(26)28/h7-8,12-14,16-18,27H,5-6,9-11H2,1-4H3,(H2,24,25,28)/p+1. The van der Waals surface area contributed by atoms with Crippen LogP contribution in [-0.2, 0) is 41.8 Å². The molecule has 4 atom stereocenters. The fraction of sp³-hybridized carbons (Fsp3) is 0.727. The molecule has 16 nitrogen and oxygen atoms in total. The Morgan fingerprint density at radius 1 is 1.15 bits per heavy atom. The van der Waals surface area contributed by atoms with Crippen LogP contribution in [0, 0.1) is 5.92 Å². The molecule has 0 aromatic carbocycles. The zero-order valence-corrected chi connectivity index (χ0v) is 23.2. The first-order valence-corrected chi connectivity index (χ1v) is 13.8. The van der Waals surface area contributed by atoms with Crippen LogP contribution in [0.1, 0.15) is 46.8 Å². The first-order valence-electron chi connectivity index (χ1n) is 12.4. The van der Waals surface area contributed by atoms with Gasteiger partial charge in [0.2, 0.25) is 19.8 Å². The van der Waals surface area contributed by atoms with E-state index in [9.17, 15) is 24.1 Å². The van der Waals surface area contributed by atoms with E-state index >= 15 is 4.39 Å². The number of nitrogen functional groups attached to an aromatic ring is 1. The molecule has 0 amide bonds. The number of phosphoric ester groups is 1. The Morgan fingerprint density at radius 2 is 1.70 bits per heavy atom. The Hall–Kier alpha value is -2.82. The number of aliphatic hydroxyl groups is 1. The highest BCUT2D eigenvalue weighted by Gasteiger charge is 2.64. The van der Waals surface area contributed by atoms with Crippen molar-refractivity contribution in [2.75, 3.05) is 25.9 Å². The summed E-state index contributed by atoms with van der Waals surface area (Å²) in [6.45, 7) is 3.59. The number of nitrogens with zero attached hydrogens (tertiary/aromatic N) is 1. The number of aliphatic hydroxyl groups excluding tert-OH is 1. The molecule has 1 aromatic rings. The second-order valence-corrected chi connectivity index (χ2v) is 11.2. The maximum absolute atomic E-state index is 15.3. The lowest BCUT2D eigenvalue weighted by Crippen LogP contribution is -2.57. The summed E-state index contributed by atoms with van der Waals surface area (Å²) < 4.78 is 69.8. The number of hydrogen-bond donors (Lipinski definition) is 3. The highest BCUT2D eigenvalue weighted by molar-refractivity contribution is 7.48. The van der Waals surface area contributed by atoms with Gasteiger partial charge in [-0.05, 0) is 46.5 Å². The summed E-state index contributed by atoms with van der Waals surface area (Å²) in [6, 6.07) is 1.31. The van der Waals surface area contributed by atoms with Crippen LogP contribution in [0.15, 0.2) is 17.1 Å². The lowest BCUT2D eigenvalue weighted by Gasteiger charge is -2.32. The van der Waals surface area contributed by atoms with E-state index in [1.807, 2.05) is 0 Å². The first-order chi connectivity index (χ1) is 18.8. The lowest BCUT2D eigenvalue weighted by molar-refractivity contribution is -0.780.